The smallest absolute Gasteiger partial charge is 0.410 e. The molecule has 0 atom stereocenters. The average molecular weight is 524 g/mol. The zero-order valence-electron chi connectivity index (χ0n) is 23.1. The second-order valence-electron chi connectivity index (χ2n) is 11.8. The molecule has 3 aliphatic rings. The Kier molecular flexibility index (Phi) is 7.93. The molecule has 38 heavy (non-hydrogen) atoms. The highest BCUT2D eigenvalue weighted by molar-refractivity contribution is 5.71. The first-order chi connectivity index (χ1) is 18.2. The van der Waals surface area contributed by atoms with Crippen LogP contribution in [0.1, 0.15) is 53.4 Å². The number of rotatable bonds is 6. The van der Waals surface area contributed by atoms with E-state index in [4.69, 9.17) is 19.2 Å². The monoisotopic (exact) mass is 523 g/mol. The summed E-state index contributed by atoms with van der Waals surface area (Å²) < 4.78 is 17.3. The summed E-state index contributed by atoms with van der Waals surface area (Å²) in [4.78, 5) is 25.9. The molecule has 1 aromatic carbocycles. The van der Waals surface area contributed by atoms with E-state index in [9.17, 15) is 4.79 Å². The molecule has 3 heterocycles. The summed E-state index contributed by atoms with van der Waals surface area (Å²) in [5.41, 5.74) is 2.50. The van der Waals surface area contributed by atoms with Crippen LogP contribution >= 0.6 is 0 Å². The molecule has 1 N–H and O–H groups in total. The number of nitrogens with one attached hydrogen (secondary N) is 1. The van der Waals surface area contributed by atoms with Crippen molar-refractivity contribution in [2.45, 2.75) is 71.1 Å². The topological polar surface area (TPSA) is 89.0 Å². The molecule has 2 aliphatic heterocycles. The Bertz CT molecular complexity index is 1080. The highest BCUT2D eigenvalue weighted by Gasteiger charge is 2.36. The van der Waals surface area contributed by atoms with Crippen LogP contribution in [0.4, 0.5) is 16.4 Å². The first kappa shape index (κ1) is 26.5. The summed E-state index contributed by atoms with van der Waals surface area (Å²) in [5.74, 6) is 1.92. The van der Waals surface area contributed by atoms with Crippen molar-refractivity contribution in [1.82, 2.24) is 14.9 Å². The number of hydrogen-bond acceptors (Lipinski definition) is 8. The Balaban J connectivity index is 1.31. The summed E-state index contributed by atoms with van der Waals surface area (Å²) in [6, 6.07) is 8.84. The summed E-state index contributed by atoms with van der Waals surface area (Å²) in [6.45, 7) is 12.2. The number of carbonyl (C=O) groups is 1. The Labute approximate surface area is 225 Å². The summed E-state index contributed by atoms with van der Waals surface area (Å²) in [7, 11) is 0. The van der Waals surface area contributed by atoms with Gasteiger partial charge in [0, 0.05) is 31.0 Å². The van der Waals surface area contributed by atoms with Gasteiger partial charge < -0.3 is 29.3 Å². The van der Waals surface area contributed by atoms with Crippen LogP contribution in [-0.4, -0.2) is 78.1 Å². The van der Waals surface area contributed by atoms with Crippen LogP contribution in [0.2, 0.25) is 0 Å². The molecule has 9 nitrogen and oxygen atoms in total. The maximum absolute atomic E-state index is 12.4. The van der Waals surface area contributed by atoms with Crippen molar-refractivity contribution in [2.24, 2.45) is 5.92 Å². The van der Waals surface area contributed by atoms with Crippen LogP contribution < -0.4 is 15.0 Å². The zero-order chi connectivity index (χ0) is 26.7. The quantitative estimate of drug-likeness (QED) is 0.568. The second-order valence-corrected chi connectivity index (χ2v) is 11.8. The summed E-state index contributed by atoms with van der Waals surface area (Å²) >= 11 is 0. The fraction of sp³-hybridized carbons (Fsp3) is 0.621. The van der Waals surface area contributed by atoms with Crippen LogP contribution in [0, 0.1) is 5.92 Å². The van der Waals surface area contributed by atoms with Gasteiger partial charge in [0.05, 0.1) is 31.9 Å². The predicted octanol–water partition coefficient (Wildman–Crippen LogP) is 4.97. The lowest BCUT2D eigenvalue weighted by Gasteiger charge is -2.39. The Morgan fingerprint density at radius 1 is 1.05 bits per heavy atom. The molecule has 9 heteroatoms. The fourth-order valence-electron chi connectivity index (χ4n) is 5.13. The first-order valence-corrected chi connectivity index (χ1v) is 13.9. The number of likely N-dealkylation sites (tertiary alicyclic amines) is 1. The lowest BCUT2D eigenvalue weighted by atomic mass is 9.87. The van der Waals surface area contributed by atoms with Crippen LogP contribution in [0.3, 0.4) is 0 Å². The van der Waals surface area contributed by atoms with E-state index in [1.54, 1.807) is 4.90 Å². The van der Waals surface area contributed by atoms with Crippen LogP contribution in [0.5, 0.6) is 5.88 Å². The van der Waals surface area contributed by atoms with E-state index < -0.39 is 5.60 Å². The molecule has 5 rings (SSSR count). The first-order valence-electron chi connectivity index (χ1n) is 13.9. The molecular formula is C29H41N5O4. The number of anilines is 2. The van der Waals surface area contributed by atoms with Gasteiger partial charge in [0.15, 0.2) is 0 Å². The van der Waals surface area contributed by atoms with Crippen molar-refractivity contribution in [3.05, 3.63) is 30.5 Å². The Morgan fingerprint density at radius 2 is 1.74 bits per heavy atom. The largest absolute Gasteiger partial charge is 0.470 e. The Morgan fingerprint density at radius 3 is 2.39 bits per heavy atom. The van der Waals surface area contributed by atoms with Gasteiger partial charge in [-0.3, -0.25) is 0 Å². The molecule has 1 saturated carbocycles. The van der Waals surface area contributed by atoms with Crippen molar-refractivity contribution < 1.29 is 19.0 Å². The standard InChI is InChI=1S/C29H41N5O4/c1-20-5-9-22(10-6-20)31-27-30-17-25(21-7-11-23(12-8-21)33-13-15-36-16-14-33)26(32-27)37-24-18-34(19-24)28(35)38-29(2,3)4/h7-8,11-12,17,20,22,24H,5-6,9-10,13-16,18-19H2,1-4H3,(H,30,31,32)/t20-,22+. The number of aromatic nitrogens is 2. The second kappa shape index (κ2) is 11.4. The van der Waals surface area contributed by atoms with E-state index in [-0.39, 0.29) is 12.2 Å². The minimum atomic E-state index is -0.520. The van der Waals surface area contributed by atoms with E-state index in [0.29, 0.717) is 31.0 Å². The maximum Gasteiger partial charge on any atom is 0.410 e. The number of benzene rings is 1. The molecule has 3 fully saturated rings. The molecule has 0 bridgehead atoms. The highest BCUT2D eigenvalue weighted by atomic mass is 16.6. The van der Waals surface area contributed by atoms with Gasteiger partial charge in [-0.2, -0.15) is 4.98 Å². The van der Waals surface area contributed by atoms with Gasteiger partial charge in [-0.15, -0.1) is 0 Å². The molecule has 0 unspecified atom stereocenters. The van der Waals surface area contributed by atoms with E-state index in [1.165, 1.54) is 18.5 Å². The molecule has 1 aromatic heterocycles. The molecule has 0 spiro atoms. The van der Waals surface area contributed by atoms with Gasteiger partial charge in [0.2, 0.25) is 11.8 Å². The van der Waals surface area contributed by atoms with Gasteiger partial charge >= 0.3 is 6.09 Å². The van der Waals surface area contributed by atoms with E-state index in [1.807, 2.05) is 27.0 Å². The van der Waals surface area contributed by atoms with Crippen LogP contribution in [0.25, 0.3) is 11.1 Å². The predicted molar refractivity (Wildman–Crippen MR) is 148 cm³/mol. The molecule has 2 aromatic rings. The average Bonchev–Trinajstić information content (AvgIpc) is 2.87. The minimum absolute atomic E-state index is 0.146. The maximum atomic E-state index is 12.4. The van der Waals surface area contributed by atoms with Crippen molar-refractivity contribution in [3.8, 4) is 17.0 Å². The van der Waals surface area contributed by atoms with E-state index in [2.05, 4.69) is 46.4 Å². The molecule has 1 aliphatic carbocycles. The third kappa shape index (κ3) is 6.67. The molecule has 0 radical (unpaired) electrons. The number of carbonyl (C=O) groups excluding carboxylic acids is 1. The number of ether oxygens (including phenoxy) is 3. The van der Waals surface area contributed by atoms with Crippen LogP contribution in [0.15, 0.2) is 30.5 Å². The van der Waals surface area contributed by atoms with Crippen LogP contribution in [-0.2, 0) is 9.47 Å². The molecular weight excluding hydrogens is 482 g/mol. The van der Waals surface area contributed by atoms with Crippen molar-refractivity contribution in [3.63, 3.8) is 0 Å². The summed E-state index contributed by atoms with van der Waals surface area (Å²) in [6.07, 6.45) is 6.08. The SMILES string of the molecule is CC(C)(C)OC(=O)N1CC(Oc2nc(N[C@H]3CC[C@@H](C)CC3)ncc2-c2ccc(N3CCOCC3)cc2)C1. The normalized spacial score (nSPS) is 22.5. The highest BCUT2D eigenvalue weighted by Crippen LogP contribution is 2.33. The third-order valence-electron chi connectivity index (χ3n) is 7.44. The van der Waals surface area contributed by atoms with Gasteiger partial charge in [0.1, 0.15) is 11.7 Å². The minimum Gasteiger partial charge on any atom is -0.470 e. The lowest BCUT2D eigenvalue weighted by molar-refractivity contribution is -0.0230. The Hall–Kier alpha value is -3.07. The van der Waals surface area contributed by atoms with Crippen molar-refractivity contribution in [2.75, 3.05) is 49.6 Å². The van der Waals surface area contributed by atoms with E-state index >= 15 is 0 Å². The number of hydrogen-bond donors (Lipinski definition) is 1. The number of morpholine rings is 1. The molecule has 206 valence electrons. The fourth-order valence-corrected chi connectivity index (χ4v) is 5.13. The zero-order valence-corrected chi connectivity index (χ0v) is 23.1. The summed E-state index contributed by atoms with van der Waals surface area (Å²) in [5, 5.41) is 3.53. The lowest BCUT2D eigenvalue weighted by Crippen LogP contribution is -2.57. The van der Waals surface area contributed by atoms with Gasteiger partial charge in [0.25, 0.3) is 0 Å². The van der Waals surface area contributed by atoms with E-state index in [0.717, 1.165) is 56.2 Å². The van der Waals surface area contributed by atoms with Gasteiger partial charge in [-0.05, 0) is 70.1 Å². The van der Waals surface area contributed by atoms with Gasteiger partial charge in [-0.1, -0.05) is 19.1 Å². The number of nitrogens with zero attached hydrogens (tertiary/aromatic N) is 4. The molecule has 1 amide bonds. The number of amides is 1. The molecule has 2 saturated heterocycles. The third-order valence-corrected chi connectivity index (χ3v) is 7.44. The van der Waals surface area contributed by atoms with Gasteiger partial charge in [-0.25, -0.2) is 9.78 Å². The van der Waals surface area contributed by atoms with Crippen molar-refractivity contribution >= 4 is 17.7 Å². The van der Waals surface area contributed by atoms with Crippen molar-refractivity contribution in [1.29, 1.82) is 0 Å².